The molecule has 30 heavy (non-hydrogen) atoms. The van der Waals surface area contributed by atoms with Gasteiger partial charge in [0.2, 0.25) is 5.91 Å². The minimum absolute atomic E-state index is 0.144. The van der Waals surface area contributed by atoms with E-state index in [-0.39, 0.29) is 5.92 Å². The molecular weight excluding hydrogens is 372 g/mol. The lowest BCUT2D eigenvalue weighted by Gasteiger charge is -2.37. The molecule has 1 atom stereocenters. The van der Waals surface area contributed by atoms with Crippen molar-refractivity contribution in [2.24, 2.45) is 5.92 Å². The molecule has 2 aliphatic heterocycles. The Bertz CT molecular complexity index is 958. The molecule has 3 aromatic rings. The van der Waals surface area contributed by atoms with Crippen LogP contribution in [0, 0.1) is 5.92 Å². The first-order valence-electron chi connectivity index (χ1n) is 11.3. The minimum atomic E-state index is 0.144. The van der Waals surface area contributed by atoms with Gasteiger partial charge in [-0.1, -0.05) is 42.5 Å². The van der Waals surface area contributed by atoms with Gasteiger partial charge < -0.3 is 9.88 Å². The van der Waals surface area contributed by atoms with Gasteiger partial charge in [-0.2, -0.15) is 0 Å². The first-order chi connectivity index (χ1) is 14.8. The molecule has 2 fully saturated rings. The number of carbonyl (C=O) groups excluding carboxylic acids is 1. The summed E-state index contributed by atoms with van der Waals surface area (Å²) >= 11 is 0. The van der Waals surface area contributed by atoms with Crippen LogP contribution in [0.2, 0.25) is 0 Å². The molecule has 0 aliphatic carbocycles. The number of benzene rings is 2. The number of hydrogen-bond donors (Lipinski definition) is 1. The largest absolute Gasteiger partial charge is 0.342 e. The number of para-hydroxylation sites is 2. The third-order valence-corrected chi connectivity index (χ3v) is 6.70. The Hall–Kier alpha value is -2.66. The maximum atomic E-state index is 13.2. The number of H-pyrrole nitrogens is 1. The maximum Gasteiger partial charge on any atom is 0.226 e. The molecule has 0 bridgehead atoms. The van der Waals surface area contributed by atoms with E-state index in [0.717, 1.165) is 75.3 Å². The summed E-state index contributed by atoms with van der Waals surface area (Å²) in [5.41, 5.74) is 3.47. The number of hydrogen-bond acceptors (Lipinski definition) is 3. The Morgan fingerprint density at radius 3 is 2.53 bits per heavy atom. The van der Waals surface area contributed by atoms with Gasteiger partial charge in [-0.25, -0.2) is 4.98 Å². The van der Waals surface area contributed by atoms with E-state index in [0.29, 0.717) is 11.8 Å². The summed E-state index contributed by atoms with van der Waals surface area (Å²) in [6.45, 7) is 4.61. The van der Waals surface area contributed by atoms with Gasteiger partial charge >= 0.3 is 0 Å². The van der Waals surface area contributed by atoms with Gasteiger partial charge in [-0.3, -0.25) is 9.69 Å². The number of piperidine rings is 2. The van der Waals surface area contributed by atoms with Gasteiger partial charge in [0, 0.05) is 32.1 Å². The molecule has 1 unspecified atom stereocenters. The van der Waals surface area contributed by atoms with Crippen LogP contribution >= 0.6 is 0 Å². The monoisotopic (exact) mass is 402 g/mol. The second kappa shape index (κ2) is 8.60. The summed E-state index contributed by atoms with van der Waals surface area (Å²) < 4.78 is 0. The van der Waals surface area contributed by atoms with E-state index < -0.39 is 0 Å². The van der Waals surface area contributed by atoms with E-state index in [9.17, 15) is 4.79 Å². The van der Waals surface area contributed by atoms with E-state index in [1.54, 1.807) is 0 Å². The van der Waals surface area contributed by atoms with Crippen LogP contribution in [-0.2, 0) is 11.3 Å². The van der Waals surface area contributed by atoms with Gasteiger partial charge in [0.25, 0.3) is 0 Å². The quantitative estimate of drug-likeness (QED) is 0.712. The van der Waals surface area contributed by atoms with Crippen molar-refractivity contribution in [2.45, 2.75) is 38.1 Å². The lowest BCUT2D eigenvalue weighted by molar-refractivity contribution is -0.138. The van der Waals surface area contributed by atoms with E-state index in [2.05, 4.69) is 57.2 Å². The van der Waals surface area contributed by atoms with Crippen molar-refractivity contribution >= 4 is 16.9 Å². The number of nitrogens with one attached hydrogen (secondary N) is 1. The first-order valence-corrected chi connectivity index (χ1v) is 11.3. The van der Waals surface area contributed by atoms with E-state index in [4.69, 9.17) is 4.98 Å². The fourth-order valence-corrected chi connectivity index (χ4v) is 5.04. The fourth-order valence-electron chi connectivity index (χ4n) is 5.04. The predicted octanol–water partition coefficient (Wildman–Crippen LogP) is 4.18. The van der Waals surface area contributed by atoms with Crippen molar-refractivity contribution < 1.29 is 4.79 Å². The molecule has 1 aromatic heterocycles. The van der Waals surface area contributed by atoms with Crippen molar-refractivity contribution in [3.8, 4) is 0 Å². The number of amides is 1. The Morgan fingerprint density at radius 1 is 0.967 bits per heavy atom. The van der Waals surface area contributed by atoms with Crippen LogP contribution in [0.25, 0.3) is 11.0 Å². The average molecular weight is 403 g/mol. The normalized spacial score (nSPS) is 21.2. The lowest BCUT2D eigenvalue weighted by atomic mass is 9.92. The van der Waals surface area contributed by atoms with Gasteiger partial charge in [0.05, 0.1) is 17.0 Å². The molecular formula is C25H30N4O. The van der Waals surface area contributed by atoms with Gasteiger partial charge in [0.1, 0.15) is 5.82 Å². The summed E-state index contributed by atoms with van der Waals surface area (Å²) in [6, 6.07) is 18.8. The molecule has 3 heterocycles. The van der Waals surface area contributed by atoms with E-state index in [1.165, 1.54) is 5.56 Å². The summed E-state index contributed by atoms with van der Waals surface area (Å²) in [4.78, 5) is 26.0. The number of fused-ring (bicyclic) bond motifs is 1. The fraction of sp³-hybridized carbons (Fsp3) is 0.440. The molecule has 0 radical (unpaired) electrons. The van der Waals surface area contributed by atoms with E-state index >= 15 is 0 Å². The first kappa shape index (κ1) is 19.3. The molecule has 2 aromatic carbocycles. The molecule has 5 nitrogen and oxygen atoms in total. The standard InChI is InChI=1S/C25H30N4O/c30-25(21-9-6-14-28(18-21)17-19-7-2-1-3-8-19)29-15-12-20(13-16-29)24-26-22-10-4-5-11-23(22)27-24/h1-5,7-8,10-11,20-21H,6,9,12-18H2,(H,26,27). The van der Waals surface area contributed by atoms with Crippen LogP contribution in [0.1, 0.15) is 43.0 Å². The van der Waals surface area contributed by atoms with Gasteiger partial charge in [-0.05, 0) is 49.9 Å². The van der Waals surface area contributed by atoms with Gasteiger partial charge in [-0.15, -0.1) is 0 Å². The van der Waals surface area contributed by atoms with Crippen LogP contribution in [0.5, 0.6) is 0 Å². The Kier molecular flexibility index (Phi) is 5.54. The van der Waals surface area contributed by atoms with Crippen molar-refractivity contribution in [1.82, 2.24) is 19.8 Å². The Balaban J connectivity index is 1.17. The van der Waals surface area contributed by atoms with Crippen LogP contribution in [0.15, 0.2) is 54.6 Å². The van der Waals surface area contributed by atoms with Crippen LogP contribution in [-0.4, -0.2) is 51.9 Å². The van der Waals surface area contributed by atoms with Gasteiger partial charge in [0.15, 0.2) is 0 Å². The van der Waals surface area contributed by atoms with Crippen LogP contribution in [0.4, 0.5) is 0 Å². The summed E-state index contributed by atoms with van der Waals surface area (Å²) in [5, 5.41) is 0. The van der Waals surface area contributed by atoms with Crippen molar-refractivity contribution in [2.75, 3.05) is 26.2 Å². The predicted molar refractivity (Wildman–Crippen MR) is 119 cm³/mol. The molecule has 5 heteroatoms. The number of aromatic nitrogens is 2. The second-order valence-corrected chi connectivity index (χ2v) is 8.80. The molecule has 2 saturated heterocycles. The number of carbonyl (C=O) groups is 1. The highest BCUT2D eigenvalue weighted by Crippen LogP contribution is 2.29. The molecule has 5 rings (SSSR count). The van der Waals surface area contributed by atoms with Crippen molar-refractivity contribution in [3.63, 3.8) is 0 Å². The topological polar surface area (TPSA) is 52.2 Å². The highest BCUT2D eigenvalue weighted by molar-refractivity contribution is 5.79. The minimum Gasteiger partial charge on any atom is -0.342 e. The number of imidazole rings is 1. The summed E-state index contributed by atoms with van der Waals surface area (Å²) in [7, 11) is 0. The molecule has 156 valence electrons. The third kappa shape index (κ3) is 4.12. The number of likely N-dealkylation sites (tertiary alicyclic amines) is 2. The second-order valence-electron chi connectivity index (χ2n) is 8.80. The zero-order chi connectivity index (χ0) is 20.3. The third-order valence-electron chi connectivity index (χ3n) is 6.70. The van der Waals surface area contributed by atoms with Crippen LogP contribution < -0.4 is 0 Å². The lowest BCUT2D eigenvalue weighted by Crippen LogP contribution is -2.46. The highest BCUT2D eigenvalue weighted by Gasteiger charge is 2.32. The summed E-state index contributed by atoms with van der Waals surface area (Å²) in [6.07, 6.45) is 4.12. The number of aromatic amines is 1. The zero-order valence-corrected chi connectivity index (χ0v) is 17.5. The molecule has 0 spiro atoms. The number of nitrogens with zero attached hydrogens (tertiary/aromatic N) is 3. The van der Waals surface area contributed by atoms with Crippen molar-refractivity contribution in [3.05, 3.63) is 66.0 Å². The summed E-state index contributed by atoms with van der Waals surface area (Å²) in [5.74, 6) is 2.00. The Labute approximate surface area is 178 Å². The zero-order valence-electron chi connectivity index (χ0n) is 17.5. The SMILES string of the molecule is O=C(C1CCCN(Cc2ccccc2)C1)N1CCC(c2nc3ccccc3[nH]2)CC1. The van der Waals surface area contributed by atoms with Crippen LogP contribution in [0.3, 0.4) is 0 Å². The molecule has 0 saturated carbocycles. The molecule has 1 N–H and O–H groups in total. The van der Waals surface area contributed by atoms with Crippen molar-refractivity contribution in [1.29, 1.82) is 0 Å². The highest BCUT2D eigenvalue weighted by atomic mass is 16.2. The number of rotatable bonds is 4. The maximum absolute atomic E-state index is 13.2. The van der Waals surface area contributed by atoms with E-state index in [1.807, 2.05) is 12.1 Å². The smallest absolute Gasteiger partial charge is 0.226 e. The molecule has 2 aliphatic rings. The Morgan fingerprint density at radius 2 is 1.73 bits per heavy atom. The average Bonchev–Trinajstić information content (AvgIpc) is 3.24. The molecule has 1 amide bonds.